The van der Waals surface area contributed by atoms with Crippen molar-refractivity contribution in [1.29, 1.82) is 0 Å². The fourth-order valence-electron chi connectivity index (χ4n) is 0. The Kier molecular flexibility index (Phi) is 450. The van der Waals surface area contributed by atoms with Crippen LogP contribution in [-0.2, 0) is 72.5 Å². The Balaban J connectivity index is -0.00000000167. The molecule has 8 heavy (non-hydrogen) atoms. The topological polar surface area (TPSA) is 34.1 Å². The summed E-state index contributed by atoms with van der Waals surface area (Å²) in [7, 11) is 0. The summed E-state index contributed by atoms with van der Waals surface area (Å²) in [5.74, 6) is 0. The molecule has 0 spiro atoms. The van der Waals surface area contributed by atoms with Crippen molar-refractivity contribution in [2.24, 2.45) is 0 Å². The molecular formula is H2LiMn2NaNi2O2. The monoisotopic (exact) mass is 290 g/mol. The quantitative estimate of drug-likeness (QED) is 0.507. The van der Waals surface area contributed by atoms with Gasteiger partial charge in [0.15, 0.2) is 0 Å². The Labute approximate surface area is 119 Å². The minimum atomic E-state index is 0. The summed E-state index contributed by atoms with van der Waals surface area (Å²) in [5.41, 5.74) is 0. The second-order valence-electron chi connectivity index (χ2n) is 0. The molecule has 0 radical (unpaired) electrons. The van der Waals surface area contributed by atoms with Crippen LogP contribution in [0.5, 0.6) is 0 Å². The van der Waals surface area contributed by atoms with Crippen LogP contribution < -0.4 is 0 Å². The maximum atomic E-state index is 8.06. The molecule has 0 fully saturated rings. The third-order valence-electron chi connectivity index (χ3n) is 0. The van der Waals surface area contributed by atoms with Crippen molar-refractivity contribution in [2.75, 3.05) is 0 Å². The third-order valence-corrected chi connectivity index (χ3v) is 0. The van der Waals surface area contributed by atoms with Crippen LogP contribution in [0.1, 0.15) is 0 Å². The van der Waals surface area contributed by atoms with Crippen LogP contribution in [0.15, 0.2) is 0 Å². The summed E-state index contributed by atoms with van der Waals surface area (Å²) in [5, 5.41) is 0. The van der Waals surface area contributed by atoms with Crippen LogP contribution in [0.4, 0.5) is 0 Å². The van der Waals surface area contributed by atoms with E-state index in [4.69, 9.17) is 7.67 Å². The van der Waals surface area contributed by atoms with Gasteiger partial charge in [0, 0.05) is 33.0 Å². The van der Waals surface area contributed by atoms with Gasteiger partial charge in [-0.25, -0.2) is 0 Å². The summed E-state index contributed by atoms with van der Waals surface area (Å²) >= 11 is 3.38. The van der Waals surface area contributed by atoms with E-state index in [1.165, 1.54) is 0 Å². The van der Waals surface area contributed by atoms with Crippen LogP contribution >= 0.6 is 0 Å². The van der Waals surface area contributed by atoms with E-state index in [2.05, 4.69) is 0 Å². The van der Waals surface area contributed by atoms with Gasteiger partial charge < -0.3 is 0 Å². The van der Waals surface area contributed by atoms with Crippen molar-refractivity contribution >= 4 is 48.4 Å². The normalized spacial score (nSPS) is 1.00. The van der Waals surface area contributed by atoms with E-state index in [1.807, 2.05) is 0 Å². The molecule has 0 bridgehead atoms. The van der Waals surface area contributed by atoms with Gasteiger partial charge in [0.25, 0.3) is 0 Å². The average Bonchev–Trinajstić information content (AvgIpc) is 1.50. The molecule has 0 aromatic rings. The van der Waals surface area contributed by atoms with E-state index in [9.17, 15) is 0 Å². The van der Waals surface area contributed by atoms with E-state index in [0.29, 0.717) is 0 Å². The molecule has 2 nitrogen and oxygen atoms in total. The van der Waals surface area contributed by atoms with Gasteiger partial charge in [0.2, 0.25) is 0 Å². The van der Waals surface area contributed by atoms with Gasteiger partial charge in [-0.2, -0.15) is 0 Å². The second kappa shape index (κ2) is 83.7. The fourth-order valence-corrected chi connectivity index (χ4v) is 0. The van der Waals surface area contributed by atoms with Gasteiger partial charge >= 0.3 is 88.0 Å². The van der Waals surface area contributed by atoms with E-state index < -0.39 is 0 Å². The molecule has 8 heteroatoms. The first-order valence-corrected chi connectivity index (χ1v) is 1.27. The Bertz CT molecular complexity index is 20.0. The molecule has 0 aliphatic heterocycles. The Morgan fingerprint density at radius 1 is 0.750 bits per heavy atom. The Morgan fingerprint density at radius 3 is 0.750 bits per heavy atom. The third kappa shape index (κ3) is 60.0. The van der Waals surface area contributed by atoms with E-state index in [1.54, 1.807) is 31.9 Å². The van der Waals surface area contributed by atoms with E-state index in [0.717, 1.165) is 0 Å². The van der Waals surface area contributed by atoms with Crippen molar-refractivity contribution in [2.45, 2.75) is 0 Å². The van der Waals surface area contributed by atoms with Crippen molar-refractivity contribution in [3.05, 3.63) is 0 Å². The molecule has 0 saturated heterocycles. The molecule has 0 rings (SSSR count). The van der Waals surface area contributed by atoms with Gasteiger partial charge in [0.1, 0.15) is 0 Å². The second-order valence-corrected chi connectivity index (χ2v) is 0. The predicted molar refractivity (Wildman–Crippen MR) is 15.7 cm³/mol. The van der Waals surface area contributed by atoms with Gasteiger partial charge in [-0.05, 0) is 0 Å². The summed E-state index contributed by atoms with van der Waals surface area (Å²) in [6.07, 6.45) is 0. The van der Waals surface area contributed by atoms with Gasteiger partial charge in [-0.3, -0.25) is 0 Å². The van der Waals surface area contributed by atoms with Crippen LogP contribution in [0.25, 0.3) is 0 Å². The van der Waals surface area contributed by atoms with Gasteiger partial charge in [-0.1, -0.05) is 0 Å². The zero-order valence-corrected chi connectivity index (χ0v) is 6.54. The van der Waals surface area contributed by atoms with Gasteiger partial charge in [-0.15, -0.1) is 0 Å². The molecule has 0 N–H and O–H groups in total. The summed E-state index contributed by atoms with van der Waals surface area (Å²) in [6, 6.07) is 0. The number of hydrogen-bond donors (Lipinski definition) is 0. The summed E-state index contributed by atoms with van der Waals surface area (Å²) in [4.78, 5) is 0. The van der Waals surface area contributed by atoms with Crippen LogP contribution in [0, 0.1) is 0 Å². The zero-order chi connectivity index (χ0) is 4.00. The van der Waals surface area contributed by atoms with Gasteiger partial charge in [0.05, 0.1) is 0 Å². The molecule has 0 amide bonds. The molecule has 0 unspecified atom stereocenters. The minimum absolute atomic E-state index is 0. The van der Waals surface area contributed by atoms with E-state index >= 15 is 0 Å². The van der Waals surface area contributed by atoms with Crippen LogP contribution in [0.2, 0.25) is 0 Å². The first-order valence-electron chi connectivity index (χ1n) is 0.309. The predicted octanol–water partition coefficient (Wildman–Crippen LogP) is -1.54. The van der Waals surface area contributed by atoms with Crippen molar-refractivity contribution in [3.63, 3.8) is 0 Å². The SMILES string of the molecule is [LiH].[NaH].[Ni].[Ni].[O]=[Mn].[O]=[Mn]. The Morgan fingerprint density at radius 2 is 0.750 bits per heavy atom. The number of hydrogen-bond acceptors (Lipinski definition) is 2. The van der Waals surface area contributed by atoms with Crippen LogP contribution in [-0.4, -0.2) is 48.4 Å². The molecular weight excluding hydrogens is 289 g/mol. The molecule has 0 saturated carbocycles. The Hall–Kier alpha value is 3.22. The molecule has 0 aromatic heterocycles. The standard InChI is InChI=1S/Li.2Mn.Na.2Ni.2O.2H. The van der Waals surface area contributed by atoms with Crippen molar-refractivity contribution < 1.29 is 72.5 Å². The zero-order valence-electron chi connectivity index (χ0n) is 2.20. The van der Waals surface area contributed by atoms with Crippen LogP contribution in [0.3, 0.4) is 0 Å². The van der Waals surface area contributed by atoms with E-state index in [-0.39, 0.29) is 81.4 Å². The summed E-state index contributed by atoms with van der Waals surface area (Å²) in [6.45, 7) is 0. The molecule has 0 atom stereocenters. The molecule has 0 aromatic carbocycles. The fraction of sp³-hybridized carbons (Fsp3) is 0. The molecule has 0 heterocycles. The number of rotatable bonds is 0. The van der Waals surface area contributed by atoms with Crippen molar-refractivity contribution in [3.8, 4) is 0 Å². The molecule has 0 aliphatic carbocycles. The molecule has 0 aliphatic rings. The van der Waals surface area contributed by atoms with Crippen molar-refractivity contribution in [1.82, 2.24) is 0 Å². The summed E-state index contributed by atoms with van der Waals surface area (Å²) < 4.78 is 16.1. The first-order chi connectivity index (χ1) is 2.00. The first kappa shape index (κ1) is 43.0. The molecule has 50 valence electrons. The maximum absolute atomic E-state index is 8.06. The average molecular weight is 291 g/mol.